The maximum Gasteiger partial charge on any atom is 0.162 e. The van der Waals surface area contributed by atoms with Crippen molar-refractivity contribution in [3.05, 3.63) is 71.7 Å². The van der Waals surface area contributed by atoms with Crippen molar-refractivity contribution in [1.82, 2.24) is 19.9 Å². The summed E-state index contributed by atoms with van der Waals surface area (Å²) in [6, 6.07) is 15.6. The molecule has 0 amide bonds. The van der Waals surface area contributed by atoms with Crippen molar-refractivity contribution >= 4 is 28.2 Å². The molecule has 39 heavy (non-hydrogen) atoms. The second-order valence-electron chi connectivity index (χ2n) is 9.47. The quantitative estimate of drug-likeness (QED) is 0.343. The van der Waals surface area contributed by atoms with E-state index in [0.717, 1.165) is 42.4 Å². The Labute approximate surface area is 227 Å². The molecule has 0 saturated carbocycles. The number of pyridine rings is 1. The summed E-state index contributed by atoms with van der Waals surface area (Å²) >= 11 is 0. The normalized spacial score (nSPS) is 13.4. The largest absolute Gasteiger partial charge is 0.493 e. The van der Waals surface area contributed by atoms with Crippen molar-refractivity contribution in [1.29, 1.82) is 5.26 Å². The van der Waals surface area contributed by atoms with Crippen LogP contribution in [-0.2, 0) is 17.9 Å². The number of fused-ring (bicyclic) bond motifs is 1. The van der Waals surface area contributed by atoms with E-state index in [1.54, 1.807) is 13.3 Å². The van der Waals surface area contributed by atoms with Gasteiger partial charge in [0.25, 0.3) is 0 Å². The molecule has 1 N–H and O–H groups in total. The summed E-state index contributed by atoms with van der Waals surface area (Å²) in [4.78, 5) is 18.0. The predicted molar refractivity (Wildman–Crippen MR) is 150 cm³/mol. The summed E-state index contributed by atoms with van der Waals surface area (Å²) in [5.74, 6) is 1.93. The van der Waals surface area contributed by atoms with E-state index >= 15 is 0 Å². The number of rotatable bonds is 9. The maximum absolute atomic E-state index is 10.0. The number of nitriles is 1. The highest BCUT2D eigenvalue weighted by atomic mass is 16.5. The molecule has 0 bridgehead atoms. The second kappa shape index (κ2) is 11.9. The minimum absolute atomic E-state index is 0.367. The highest BCUT2D eigenvalue weighted by Crippen LogP contribution is 2.34. The van der Waals surface area contributed by atoms with Crippen molar-refractivity contribution in [3.8, 4) is 17.6 Å². The molecule has 200 valence electrons. The van der Waals surface area contributed by atoms with Gasteiger partial charge in [0.1, 0.15) is 29.6 Å². The van der Waals surface area contributed by atoms with Gasteiger partial charge < -0.3 is 29.3 Å². The van der Waals surface area contributed by atoms with Crippen LogP contribution in [0.4, 0.5) is 17.2 Å². The van der Waals surface area contributed by atoms with Crippen LogP contribution in [0.1, 0.15) is 16.8 Å². The molecule has 0 spiro atoms. The van der Waals surface area contributed by atoms with Gasteiger partial charge in [0.15, 0.2) is 11.5 Å². The molecular formula is C29H31N7O3. The molecule has 1 aliphatic rings. The molecule has 2 aromatic carbocycles. The van der Waals surface area contributed by atoms with Crippen LogP contribution in [0, 0.1) is 11.3 Å². The summed E-state index contributed by atoms with van der Waals surface area (Å²) in [5.41, 5.74) is 5.02. The summed E-state index contributed by atoms with van der Waals surface area (Å²) in [6.45, 7) is 3.93. The number of hydrogen-bond acceptors (Lipinski definition) is 10. The van der Waals surface area contributed by atoms with Crippen LogP contribution in [0.15, 0.2) is 54.9 Å². The molecule has 1 saturated heterocycles. The molecule has 10 heteroatoms. The zero-order chi connectivity index (χ0) is 27.2. The highest BCUT2D eigenvalue weighted by molar-refractivity contribution is 5.89. The lowest BCUT2D eigenvalue weighted by atomic mass is 10.1. The van der Waals surface area contributed by atoms with Gasteiger partial charge >= 0.3 is 0 Å². The van der Waals surface area contributed by atoms with Gasteiger partial charge in [-0.25, -0.2) is 4.98 Å². The van der Waals surface area contributed by atoms with E-state index in [9.17, 15) is 5.26 Å². The van der Waals surface area contributed by atoms with Crippen molar-refractivity contribution in [2.24, 2.45) is 0 Å². The maximum atomic E-state index is 10.0. The molecule has 0 atom stereocenters. The molecular weight excluding hydrogens is 494 g/mol. The predicted octanol–water partition coefficient (Wildman–Crippen LogP) is 4.13. The van der Waals surface area contributed by atoms with Gasteiger partial charge in [0.05, 0.1) is 43.4 Å². The Kier molecular flexibility index (Phi) is 8.01. The first kappa shape index (κ1) is 26.2. The Morgan fingerprint density at radius 2 is 1.90 bits per heavy atom. The third-order valence-corrected chi connectivity index (χ3v) is 6.35. The fourth-order valence-corrected chi connectivity index (χ4v) is 4.37. The zero-order valence-corrected chi connectivity index (χ0v) is 22.3. The molecule has 1 fully saturated rings. The minimum Gasteiger partial charge on any atom is -0.493 e. The number of morpholine rings is 1. The van der Waals surface area contributed by atoms with Gasteiger partial charge in [0, 0.05) is 43.1 Å². The van der Waals surface area contributed by atoms with Crippen molar-refractivity contribution in [3.63, 3.8) is 0 Å². The molecule has 0 aliphatic carbocycles. The Morgan fingerprint density at radius 3 is 2.62 bits per heavy atom. The number of hydrogen-bond donors (Lipinski definition) is 1. The topological polar surface area (TPSA) is 109 Å². The third kappa shape index (κ3) is 6.17. The molecule has 0 radical (unpaired) electrons. The zero-order valence-electron chi connectivity index (χ0n) is 22.3. The summed E-state index contributed by atoms with van der Waals surface area (Å²) in [7, 11) is 5.63. The molecule has 2 aromatic heterocycles. The first-order valence-corrected chi connectivity index (χ1v) is 12.7. The van der Waals surface area contributed by atoms with Crippen molar-refractivity contribution < 1.29 is 14.2 Å². The lowest BCUT2D eigenvalue weighted by Gasteiger charge is -2.27. The molecule has 0 unspecified atom stereocenters. The van der Waals surface area contributed by atoms with Gasteiger partial charge in [0.2, 0.25) is 0 Å². The van der Waals surface area contributed by atoms with Crippen LogP contribution in [0.3, 0.4) is 0 Å². The van der Waals surface area contributed by atoms with Gasteiger partial charge in [-0.05, 0) is 44.4 Å². The van der Waals surface area contributed by atoms with Crippen molar-refractivity contribution in [2.45, 2.75) is 13.2 Å². The Hall–Kier alpha value is -4.46. The first-order valence-electron chi connectivity index (χ1n) is 12.7. The SMILES string of the molecule is COc1cc(Nc2ccc3ncc(N4CCOCC4)nc3c2C#N)ccc1OCc1ccc(CN(C)C)nc1. The molecule has 3 heterocycles. The van der Waals surface area contributed by atoms with E-state index in [0.29, 0.717) is 53.6 Å². The van der Waals surface area contributed by atoms with Crippen LogP contribution in [0.2, 0.25) is 0 Å². The summed E-state index contributed by atoms with van der Waals surface area (Å²) < 4.78 is 17.1. The monoisotopic (exact) mass is 525 g/mol. The molecule has 5 rings (SSSR count). The van der Waals surface area contributed by atoms with Gasteiger partial charge in [-0.3, -0.25) is 9.97 Å². The lowest BCUT2D eigenvalue weighted by Crippen LogP contribution is -2.36. The van der Waals surface area contributed by atoms with Crippen LogP contribution >= 0.6 is 0 Å². The fraction of sp³-hybridized carbons (Fsp3) is 0.310. The van der Waals surface area contributed by atoms with E-state index in [1.165, 1.54) is 0 Å². The average Bonchev–Trinajstić information content (AvgIpc) is 2.97. The molecule has 1 aliphatic heterocycles. The summed E-state index contributed by atoms with van der Waals surface area (Å²) in [5, 5.41) is 13.4. The number of anilines is 3. The van der Waals surface area contributed by atoms with Crippen LogP contribution < -0.4 is 19.7 Å². The van der Waals surface area contributed by atoms with Gasteiger partial charge in [-0.15, -0.1) is 0 Å². The number of nitrogens with one attached hydrogen (secondary N) is 1. The van der Waals surface area contributed by atoms with Crippen LogP contribution in [0.5, 0.6) is 11.5 Å². The van der Waals surface area contributed by atoms with Crippen LogP contribution in [0.25, 0.3) is 11.0 Å². The summed E-state index contributed by atoms with van der Waals surface area (Å²) in [6.07, 6.45) is 3.58. The number of methoxy groups -OCH3 is 1. The number of benzene rings is 2. The molecule has 4 aromatic rings. The number of aromatic nitrogens is 3. The Balaban J connectivity index is 1.33. The van der Waals surface area contributed by atoms with E-state index in [4.69, 9.17) is 19.2 Å². The Morgan fingerprint density at radius 1 is 1.05 bits per heavy atom. The first-order chi connectivity index (χ1) is 19.0. The fourth-order valence-electron chi connectivity index (χ4n) is 4.37. The van der Waals surface area contributed by atoms with Crippen molar-refractivity contribution in [2.75, 3.05) is 57.7 Å². The number of nitrogens with zero attached hydrogens (tertiary/aromatic N) is 6. The Bertz CT molecular complexity index is 1480. The van der Waals surface area contributed by atoms with Gasteiger partial charge in [-0.2, -0.15) is 5.26 Å². The smallest absolute Gasteiger partial charge is 0.162 e. The standard InChI is InChI=1S/C29H31N7O3/c1-35(2)18-22-5-4-20(16-31-22)19-39-26-9-6-21(14-27(26)37-3)33-24-7-8-25-29(23(24)15-30)34-28(17-32-25)36-10-12-38-13-11-36/h4-9,14,16-17,33H,10-13,18-19H2,1-3H3. The average molecular weight is 526 g/mol. The minimum atomic E-state index is 0.367. The number of ether oxygens (including phenoxy) is 3. The highest BCUT2D eigenvalue weighted by Gasteiger charge is 2.17. The van der Waals surface area contributed by atoms with E-state index in [2.05, 4.69) is 31.2 Å². The van der Waals surface area contributed by atoms with E-state index in [1.807, 2.05) is 62.8 Å². The second-order valence-corrected chi connectivity index (χ2v) is 9.47. The van der Waals surface area contributed by atoms with E-state index in [-0.39, 0.29) is 0 Å². The van der Waals surface area contributed by atoms with Gasteiger partial charge in [-0.1, -0.05) is 6.07 Å². The molecule has 10 nitrogen and oxygen atoms in total. The van der Waals surface area contributed by atoms with E-state index < -0.39 is 0 Å². The van der Waals surface area contributed by atoms with Crippen LogP contribution in [-0.4, -0.2) is 67.4 Å². The lowest BCUT2D eigenvalue weighted by molar-refractivity contribution is 0.122. The third-order valence-electron chi connectivity index (χ3n) is 6.35.